The monoisotopic (exact) mass is 322 g/mol. The van der Waals surface area contributed by atoms with Crippen LogP contribution in [0.5, 0.6) is 5.75 Å². The van der Waals surface area contributed by atoms with Crippen molar-refractivity contribution in [1.29, 1.82) is 0 Å². The van der Waals surface area contributed by atoms with Crippen molar-refractivity contribution in [2.24, 2.45) is 5.73 Å². The number of rotatable bonds is 6. The van der Waals surface area contributed by atoms with E-state index in [1.165, 1.54) is 18.4 Å². The van der Waals surface area contributed by atoms with Crippen LogP contribution < -0.4 is 15.8 Å². The zero-order valence-corrected chi connectivity index (χ0v) is 12.6. The van der Waals surface area contributed by atoms with Gasteiger partial charge < -0.3 is 20.2 Å². The summed E-state index contributed by atoms with van der Waals surface area (Å²) in [6, 6.07) is 7.92. The quantitative estimate of drug-likeness (QED) is 0.851. The first-order chi connectivity index (χ1) is 10.5. The van der Waals surface area contributed by atoms with E-state index in [4.69, 9.17) is 26.5 Å². The first-order valence-corrected chi connectivity index (χ1v) is 6.91. The highest BCUT2D eigenvalue weighted by molar-refractivity contribution is 6.31. The molecule has 22 heavy (non-hydrogen) atoms. The molecule has 0 aliphatic carbocycles. The maximum Gasteiger partial charge on any atom is 0.261 e. The molecule has 1 heterocycles. The van der Waals surface area contributed by atoms with Crippen molar-refractivity contribution in [2.75, 3.05) is 0 Å². The molecule has 1 aromatic heterocycles. The summed E-state index contributed by atoms with van der Waals surface area (Å²) in [5, 5.41) is 3.02. The average Bonchev–Trinajstić information content (AvgIpc) is 2.99. The second kappa shape index (κ2) is 7.00. The van der Waals surface area contributed by atoms with Crippen LogP contribution in [-0.2, 0) is 11.3 Å². The molecule has 3 N–H and O–H groups in total. The fraction of sp³-hybridized carbons (Fsp3) is 0.200. The molecule has 0 radical (unpaired) electrons. The van der Waals surface area contributed by atoms with E-state index < -0.39 is 12.0 Å². The lowest BCUT2D eigenvalue weighted by molar-refractivity contribution is -0.127. The number of carbonyl (C=O) groups is 2. The molecule has 0 spiro atoms. The molecule has 6 nitrogen and oxygen atoms in total. The Labute approximate surface area is 132 Å². The van der Waals surface area contributed by atoms with Gasteiger partial charge in [0, 0.05) is 5.02 Å². The van der Waals surface area contributed by atoms with E-state index in [0.29, 0.717) is 10.8 Å². The number of nitrogens with one attached hydrogen (secondary N) is 1. The van der Waals surface area contributed by atoms with Crippen LogP contribution in [0.25, 0.3) is 0 Å². The van der Waals surface area contributed by atoms with Gasteiger partial charge in [0.25, 0.3) is 11.8 Å². The van der Waals surface area contributed by atoms with Gasteiger partial charge in [0.05, 0.1) is 18.4 Å². The number of primary amides is 1. The number of benzene rings is 1. The Morgan fingerprint density at radius 3 is 2.82 bits per heavy atom. The first-order valence-electron chi connectivity index (χ1n) is 6.53. The summed E-state index contributed by atoms with van der Waals surface area (Å²) >= 11 is 5.81. The fourth-order valence-electron chi connectivity index (χ4n) is 1.77. The average molecular weight is 323 g/mol. The van der Waals surface area contributed by atoms with Gasteiger partial charge in [-0.15, -0.1) is 0 Å². The normalized spacial score (nSPS) is 11.7. The van der Waals surface area contributed by atoms with Crippen molar-refractivity contribution in [2.45, 2.75) is 19.6 Å². The van der Waals surface area contributed by atoms with Gasteiger partial charge in [0.2, 0.25) is 0 Å². The number of halogens is 1. The van der Waals surface area contributed by atoms with Gasteiger partial charge in [-0.3, -0.25) is 9.59 Å². The summed E-state index contributed by atoms with van der Waals surface area (Å²) in [6.07, 6.45) is 0.711. The van der Waals surface area contributed by atoms with Crippen LogP contribution in [0.4, 0.5) is 0 Å². The SMILES string of the molecule is CC(Oc1ccc(Cl)cc1C(N)=O)C(=O)NCc1ccco1. The molecule has 0 fully saturated rings. The third-order valence-electron chi connectivity index (χ3n) is 2.90. The lowest BCUT2D eigenvalue weighted by Gasteiger charge is -2.16. The van der Waals surface area contributed by atoms with Crippen LogP contribution in [0.15, 0.2) is 41.0 Å². The zero-order valence-electron chi connectivity index (χ0n) is 11.8. The van der Waals surface area contributed by atoms with Crippen molar-refractivity contribution >= 4 is 23.4 Å². The van der Waals surface area contributed by atoms with Crippen molar-refractivity contribution in [3.8, 4) is 5.75 Å². The molecule has 116 valence electrons. The van der Waals surface area contributed by atoms with Gasteiger partial charge in [-0.1, -0.05) is 11.6 Å². The summed E-state index contributed by atoms with van der Waals surface area (Å²) in [7, 11) is 0. The molecule has 0 aliphatic heterocycles. The van der Waals surface area contributed by atoms with Gasteiger partial charge in [-0.05, 0) is 37.3 Å². The predicted octanol–water partition coefficient (Wildman–Crippen LogP) is 2.12. The highest BCUT2D eigenvalue weighted by Gasteiger charge is 2.18. The topological polar surface area (TPSA) is 94.6 Å². The minimum absolute atomic E-state index is 0.123. The van der Waals surface area contributed by atoms with Gasteiger partial charge in [-0.25, -0.2) is 0 Å². The molecule has 0 bridgehead atoms. The molecule has 0 saturated heterocycles. The summed E-state index contributed by atoms with van der Waals surface area (Å²) < 4.78 is 10.6. The standard InChI is InChI=1S/C15H15ClN2O4/c1-9(15(20)18-8-11-3-2-6-21-11)22-13-5-4-10(16)7-12(13)14(17)19/h2-7,9H,8H2,1H3,(H2,17,19)(H,18,20). The first kappa shape index (κ1) is 15.9. The molecular weight excluding hydrogens is 308 g/mol. The number of furan rings is 1. The van der Waals surface area contributed by atoms with Crippen LogP contribution in [0.1, 0.15) is 23.0 Å². The second-order valence-corrected chi connectivity index (χ2v) is 5.00. The summed E-state index contributed by atoms with van der Waals surface area (Å²) in [5.41, 5.74) is 5.39. The lowest BCUT2D eigenvalue weighted by atomic mass is 10.2. The summed E-state index contributed by atoms with van der Waals surface area (Å²) in [4.78, 5) is 23.3. The van der Waals surface area contributed by atoms with E-state index in [0.717, 1.165) is 0 Å². The highest BCUT2D eigenvalue weighted by Crippen LogP contribution is 2.23. The van der Waals surface area contributed by atoms with Crippen LogP contribution in [-0.4, -0.2) is 17.9 Å². The number of hydrogen-bond donors (Lipinski definition) is 2. The molecule has 2 rings (SSSR count). The molecule has 0 aliphatic rings. The number of nitrogens with two attached hydrogens (primary N) is 1. The minimum Gasteiger partial charge on any atom is -0.480 e. The largest absolute Gasteiger partial charge is 0.480 e. The Balaban J connectivity index is 2.00. The van der Waals surface area contributed by atoms with E-state index in [9.17, 15) is 9.59 Å². The second-order valence-electron chi connectivity index (χ2n) is 4.56. The Morgan fingerprint density at radius 1 is 1.41 bits per heavy atom. The van der Waals surface area contributed by atoms with Gasteiger partial charge in [0.1, 0.15) is 11.5 Å². The zero-order chi connectivity index (χ0) is 16.1. The molecule has 1 atom stereocenters. The number of hydrogen-bond acceptors (Lipinski definition) is 4. The molecule has 7 heteroatoms. The highest BCUT2D eigenvalue weighted by atomic mass is 35.5. The Morgan fingerprint density at radius 2 is 2.18 bits per heavy atom. The molecular formula is C15H15ClN2O4. The minimum atomic E-state index is -0.811. The Hall–Kier alpha value is -2.47. The molecule has 2 aromatic rings. The molecule has 2 amide bonds. The number of ether oxygens (including phenoxy) is 1. The van der Waals surface area contributed by atoms with Crippen LogP contribution >= 0.6 is 11.6 Å². The Kier molecular flexibility index (Phi) is 5.06. The fourth-order valence-corrected chi connectivity index (χ4v) is 1.94. The smallest absolute Gasteiger partial charge is 0.261 e. The van der Waals surface area contributed by atoms with Crippen molar-refractivity contribution in [3.63, 3.8) is 0 Å². The number of amides is 2. The van der Waals surface area contributed by atoms with E-state index in [2.05, 4.69) is 5.32 Å². The van der Waals surface area contributed by atoms with E-state index in [-0.39, 0.29) is 23.8 Å². The van der Waals surface area contributed by atoms with E-state index in [1.54, 1.807) is 25.1 Å². The third-order valence-corrected chi connectivity index (χ3v) is 3.13. The van der Waals surface area contributed by atoms with E-state index in [1.807, 2.05) is 0 Å². The van der Waals surface area contributed by atoms with Crippen LogP contribution in [0.2, 0.25) is 5.02 Å². The molecule has 0 saturated carbocycles. The van der Waals surface area contributed by atoms with Crippen LogP contribution in [0.3, 0.4) is 0 Å². The van der Waals surface area contributed by atoms with Crippen LogP contribution in [0, 0.1) is 0 Å². The third kappa shape index (κ3) is 4.02. The van der Waals surface area contributed by atoms with Gasteiger partial charge in [0.15, 0.2) is 6.10 Å². The van der Waals surface area contributed by atoms with Crippen molar-refractivity contribution in [1.82, 2.24) is 5.32 Å². The van der Waals surface area contributed by atoms with Gasteiger partial charge in [-0.2, -0.15) is 0 Å². The lowest BCUT2D eigenvalue weighted by Crippen LogP contribution is -2.36. The Bertz CT molecular complexity index is 670. The van der Waals surface area contributed by atoms with Gasteiger partial charge >= 0.3 is 0 Å². The van der Waals surface area contributed by atoms with E-state index >= 15 is 0 Å². The summed E-state index contributed by atoms with van der Waals surface area (Å²) in [5.74, 6) is -0.190. The number of carbonyl (C=O) groups excluding carboxylic acids is 2. The molecule has 1 unspecified atom stereocenters. The maximum atomic E-state index is 12.0. The maximum absolute atomic E-state index is 12.0. The van der Waals surface area contributed by atoms with Crippen molar-refractivity contribution in [3.05, 3.63) is 52.9 Å². The van der Waals surface area contributed by atoms with Crippen molar-refractivity contribution < 1.29 is 18.7 Å². The molecule has 1 aromatic carbocycles. The summed E-state index contributed by atoms with van der Waals surface area (Å²) in [6.45, 7) is 1.82. The predicted molar refractivity (Wildman–Crippen MR) is 80.6 cm³/mol.